The van der Waals surface area contributed by atoms with Crippen molar-refractivity contribution < 1.29 is 4.42 Å². The maximum Gasteiger partial charge on any atom is 0.136 e. The summed E-state index contributed by atoms with van der Waals surface area (Å²) in [6.45, 7) is 0. The number of furan rings is 1. The van der Waals surface area contributed by atoms with Crippen LogP contribution < -0.4 is 4.90 Å². The third kappa shape index (κ3) is 5.68. The van der Waals surface area contributed by atoms with Crippen molar-refractivity contribution in [3.05, 3.63) is 218 Å². The van der Waals surface area contributed by atoms with Crippen LogP contribution >= 0.6 is 0 Å². The van der Waals surface area contributed by atoms with Crippen LogP contribution in [0.5, 0.6) is 0 Å². The highest BCUT2D eigenvalue weighted by Crippen LogP contribution is 2.44. The zero-order valence-corrected chi connectivity index (χ0v) is 31.1. The minimum absolute atomic E-state index is 0.881. The normalized spacial score (nSPS) is 11.5. The molecule has 0 aliphatic carbocycles. The molecular weight excluding hydrogens is 693 g/mol. The van der Waals surface area contributed by atoms with Crippen molar-refractivity contribution in [1.82, 2.24) is 4.57 Å². The van der Waals surface area contributed by atoms with Gasteiger partial charge in [-0.3, -0.25) is 0 Å². The molecule has 2 aromatic heterocycles. The molecule has 3 nitrogen and oxygen atoms in total. The summed E-state index contributed by atoms with van der Waals surface area (Å²) < 4.78 is 8.77. The highest BCUT2D eigenvalue weighted by molar-refractivity contribution is 6.09. The zero-order valence-electron chi connectivity index (χ0n) is 31.1. The van der Waals surface area contributed by atoms with Crippen molar-refractivity contribution in [2.75, 3.05) is 4.90 Å². The van der Waals surface area contributed by atoms with Crippen LogP contribution in [0.4, 0.5) is 17.1 Å². The number of anilines is 3. The molecule has 11 rings (SSSR count). The topological polar surface area (TPSA) is 21.3 Å². The van der Waals surface area contributed by atoms with Crippen molar-refractivity contribution in [2.45, 2.75) is 0 Å². The summed E-state index contributed by atoms with van der Waals surface area (Å²) in [5, 5.41) is 4.74. The Balaban J connectivity index is 1.06. The fourth-order valence-corrected chi connectivity index (χ4v) is 8.49. The van der Waals surface area contributed by atoms with Gasteiger partial charge in [-0.1, -0.05) is 152 Å². The van der Waals surface area contributed by atoms with Crippen molar-refractivity contribution >= 4 is 60.8 Å². The monoisotopic (exact) mass is 728 g/mol. The van der Waals surface area contributed by atoms with Gasteiger partial charge in [-0.15, -0.1) is 0 Å². The predicted octanol–water partition coefficient (Wildman–Crippen LogP) is 15.2. The Morgan fingerprint density at radius 3 is 1.60 bits per heavy atom. The van der Waals surface area contributed by atoms with Crippen LogP contribution in [0.15, 0.2) is 223 Å². The standard InChI is InChI=1S/C54H36N2O/c1-2-13-37(14-3-1)38-25-27-39(28-26-38)40-29-32-42(33-30-40)55(43-15-12-16-44(36-43)56-51-22-9-5-18-46(51)47-19-6-10-23-52(47)56)50-21-8-4-17-45(50)41-31-34-49-48-20-7-11-24-53(48)57-54(49)35-41/h1-36H. The highest BCUT2D eigenvalue weighted by atomic mass is 16.3. The molecule has 268 valence electrons. The summed E-state index contributed by atoms with van der Waals surface area (Å²) in [6.07, 6.45) is 0. The number of hydrogen-bond donors (Lipinski definition) is 0. The fourth-order valence-electron chi connectivity index (χ4n) is 8.49. The first kappa shape index (κ1) is 32.8. The summed E-state index contributed by atoms with van der Waals surface area (Å²) in [5.41, 5.74) is 15.4. The van der Waals surface area contributed by atoms with Crippen molar-refractivity contribution in [1.29, 1.82) is 0 Å². The van der Waals surface area contributed by atoms with Gasteiger partial charge in [0.25, 0.3) is 0 Å². The minimum atomic E-state index is 0.881. The van der Waals surface area contributed by atoms with Gasteiger partial charge in [0.15, 0.2) is 0 Å². The molecule has 9 aromatic carbocycles. The molecule has 0 spiro atoms. The molecule has 0 radical (unpaired) electrons. The molecular formula is C54H36N2O. The van der Waals surface area contributed by atoms with Gasteiger partial charge in [0.2, 0.25) is 0 Å². The smallest absolute Gasteiger partial charge is 0.136 e. The molecule has 57 heavy (non-hydrogen) atoms. The van der Waals surface area contributed by atoms with Crippen LogP contribution in [0.25, 0.3) is 82.8 Å². The van der Waals surface area contributed by atoms with Gasteiger partial charge in [0.05, 0.1) is 16.7 Å². The van der Waals surface area contributed by atoms with Gasteiger partial charge in [-0.2, -0.15) is 0 Å². The van der Waals surface area contributed by atoms with Crippen molar-refractivity contribution in [3.8, 4) is 39.1 Å². The third-order valence-corrected chi connectivity index (χ3v) is 11.2. The first-order chi connectivity index (χ1) is 28.3. The summed E-state index contributed by atoms with van der Waals surface area (Å²) in [4.78, 5) is 2.39. The Labute approximate surface area is 330 Å². The molecule has 0 unspecified atom stereocenters. The third-order valence-electron chi connectivity index (χ3n) is 11.2. The van der Waals surface area contributed by atoms with Gasteiger partial charge in [0.1, 0.15) is 11.2 Å². The van der Waals surface area contributed by atoms with Gasteiger partial charge < -0.3 is 13.9 Å². The largest absolute Gasteiger partial charge is 0.456 e. The molecule has 0 saturated carbocycles. The Bertz CT molecular complexity index is 3170. The van der Waals surface area contributed by atoms with E-state index in [0.717, 1.165) is 55.8 Å². The molecule has 11 aromatic rings. The molecule has 0 aliphatic heterocycles. The quantitative estimate of drug-likeness (QED) is 0.163. The lowest BCUT2D eigenvalue weighted by Crippen LogP contribution is -2.11. The summed E-state index contributed by atoms with van der Waals surface area (Å²) in [7, 11) is 0. The Morgan fingerprint density at radius 1 is 0.333 bits per heavy atom. The molecule has 0 atom stereocenters. The molecule has 0 N–H and O–H groups in total. The maximum atomic E-state index is 6.38. The van der Waals surface area contributed by atoms with E-state index >= 15 is 0 Å². The lowest BCUT2D eigenvalue weighted by atomic mass is 9.99. The zero-order chi connectivity index (χ0) is 37.7. The second-order valence-corrected chi connectivity index (χ2v) is 14.5. The lowest BCUT2D eigenvalue weighted by Gasteiger charge is -2.28. The lowest BCUT2D eigenvalue weighted by molar-refractivity contribution is 0.669. The van der Waals surface area contributed by atoms with Crippen LogP contribution in [0, 0.1) is 0 Å². The maximum absolute atomic E-state index is 6.38. The Kier molecular flexibility index (Phi) is 7.82. The van der Waals surface area contributed by atoms with E-state index in [1.807, 2.05) is 12.1 Å². The molecule has 0 aliphatic rings. The molecule has 0 saturated heterocycles. The summed E-state index contributed by atoms with van der Waals surface area (Å²) in [6, 6.07) is 78.2. The number of nitrogens with zero attached hydrogens (tertiary/aromatic N) is 2. The van der Waals surface area contributed by atoms with Gasteiger partial charge in [0, 0.05) is 44.2 Å². The summed E-state index contributed by atoms with van der Waals surface area (Å²) >= 11 is 0. The van der Waals surface area contributed by atoms with E-state index in [4.69, 9.17) is 4.42 Å². The van der Waals surface area contributed by atoms with E-state index in [1.165, 1.54) is 44.1 Å². The van der Waals surface area contributed by atoms with Gasteiger partial charge in [-0.25, -0.2) is 0 Å². The predicted molar refractivity (Wildman–Crippen MR) is 239 cm³/mol. The Morgan fingerprint density at radius 2 is 0.877 bits per heavy atom. The first-order valence-electron chi connectivity index (χ1n) is 19.4. The minimum Gasteiger partial charge on any atom is -0.456 e. The molecule has 2 heterocycles. The first-order valence-corrected chi connectivity index (χ1v) is 19.4. The summed E-state index contributed by atoms with van der Waals surface area (Å²) in [5.74, 6) is 0. The average Bonchev–Trinajstić information content (AvgIpc) is 3.83. The molecule has 0 fully saturated rings. The number of para-hydroxylation sites is 4. The van der Waals surface area contributed by atoms with Crippen LogP contribution in [0.1, 0.15) is 0 Å². The number of fused-ring (bicyclic) bond motifs is 6. The van der Waals surface area contributed by atoms with E-state index in [2.05, 4.69) is 216 Å². The number of rotatable bonds is 7. The number of aromatic nitrogens is 1. The fraction of sp³-hybridized carbons (Fsp3) is 0. The van der Waals surface area contributed by atoms with E-state index in [-0.39, 0.29) is 0 Å². The van der Waals surface area contributed by atoms with Crippen LogP contribution in [-0.2, 0) is 0 Å². The SMILES string of the molecule is c1ccc(-c2ccc(-c3ccc(N(c4cccc(-n5c6ccccc6c6ccccc65)c4)c4ccccc4-c4ccc5c(c4)oc4ccccc45)cc3)cc2)cc1. The Hall–Kier alpha value is -7.62. The van der Waals surface area contributed by atoms with Crippen LogP contribution in [-0.4, -0.2) is 4.57 Å². The second kappa shape index (κ2) is 13.6. The van der Waals surface area contributed by atoms with E-state index in [9.17, 15) is 0 Å². The van der Waals surface area contributed by atoms with Crippen LogP contribution in [0.2, 0.25) is 0 Å². The van der Waals surface area contributed by atoms with E-state index < -0.39 is 0 Å². The molecule has 0 amide bonds. The number of benzene rings is 9. The average molecular weight is 729 g/mol. The van der Waals surface area contributed by atoms with E-state index in [0.29, 0.717) is 0 Å². The highest BCUT2D eigenvalue weighted by Gasteiger charge is 2.20. The van der Waals surface area contributed by atoms with Crippen molar-refractivity contribution in [3.63, 3.8) is 0 Å². The second-order valence-electron chi connectivity index (χ2n) is 14.5. The van der Waals surface area contributed by atoms with Crippen LogP contribution in [0.3, 0.4) is 0 Å². The molecule has 3 heteroatoms. The van der Waals surface area contributed by atoms with Crippen molar-refractivity contribution in [2.24, 2.45) is 0 Å². The molecule has 0 bridgehead atoms. The number of hydrogen-bond acceptors (Lipinski definition) is 2. The van der Waals surface area contributed by atoms with E-state index in [1.54, 1.807) is 0 Å². The van der Waals surface area contributed by atoms with Gasteiger partial charge >= 0.3 is 0 Å². The van der Waals surface area contributed by atoms with Gasteiger partial charge in [-0.05, 0) is 94.5 Å².